The van der Waals surface area contributed by atoms with Crippen LogP contribution in [0.2, 0.25) is 0 Å². The summed E-state index contributed by atoms with van der Waals surface area (Å²) in [6.07, 6.45) is 0. The van der Waals surface area contributed by atoms with Gasteiger partial charge in [0.2, 0.25) is 0 Å². The van der Waals surface area contributed by atoms with E-state index < -0.39 is 0 Å². The van der Waals surface area contributed by atoms with Crippen molar-refractivity contribution in [2.24, 2.45) is 5.41 Å². The summed E-state index contributed by atoms with van der Waals surface area (Å²) in [4.78, 5) is 4.52. The van der Waals surface area contributed by atoms with Gasteiger partial charge in [-0.05, 0) is 36.1 Å². The minimum absolute atomic E-state index is 0.329. The van der Waals surface area contributed by atoms with Crippen molar-refractivity contribution < 1.29 is 0 Å². The van der Waals surface area contributed by atoms with Crippen LogP contribution in [-0.2, 0) is 6.54 Å². The summed E-state index contributed by atoms with van der Waals surface area (Å²) >= 11 is 0. The third kappa shape index (κ3) is 3.54. The van der Waals surface area contributed by atoms with E-state index in [2.05, 4.69) is 61.4 Å². The normalized spacial score (nSPS) is 12.0. The number of aryl methyl sites for hydroxylation is 1. The minimum atomic E-state index is 0.329. The number of aromatic nitrogens is 1. The van der Waals surface area contributed by atoms with Gasteiger partial charge in [-0.25, -0.2) is 0 Å². The van der Waals surface area contributed by atoms with E-state index in [4.69, 9.17) is 0 Å². The highest BCUT2D eigenvalue weighted by Crippen LogP contribution is 2.15. The summed E-state index contributed by atoms with van der Waals surface area (Å²) in [5.74, 6) is 0. The van der Waals surface area contributed by atoms with Crippen LogP contribution in [0.1, 0.15) is 32.0 Å². The second kappa shape index (κ2) is 5.07. The first-order chi connectivity index (χ1) is 8.44. The first kappa shape index (κ1) is 13.0. The Labute approximate surface area is 109 Å². The Morgan fingerprint density at radius 1 is 1.11 bits per heavy atom. The third-order valence-corrected chi connectivity index (χ3v) is 2.88. The molecule has 0 aliphatic rings. The molecule has 2 rings (SSSR count). The van der Waals surface area contributed by atoms with Gasteiger partial charge < -0.3 is 5.32 Å². The van der Waals surface area contributed by atoms with Gasteiger partial charge in [0.25, 0.3) is 0 Å². The zero-order chi connectivity index (χ0) is 13.2. The van der Waals surface area contributed by atoms with Gasteiger partial charge >= 0.3 is 0 Å². The van der Waals surface area contributed by atoms with Crippen LogP contribution < -0.4 is 5.32 Å². The van der Waals surface area contributed by atoms with Crippen LogP contribution in [0.3, 0.4) is 0 Å². The third-order valence-electron chi connectivity index (χ3n) is 2.88. The molecule has 1 heterocycles. The average Bonchev–Trinajstić information content (AvgIpc) is 2.27. The second-order valence-electron chi connectivity index (χ2n) is 6.14. The molecule has 0 bridgehead atoms. The van der Waals surface area contributed by atoms with Gasteiger partial charge in [0.05, 0.1) is 5.52 Å². The molecule has 1 aromatic carbocycles. The van der Waals surface area contributed by atoms with E-state index in [1.54, 1.807) is 0 Å². The summed E-state index contributed by atoms with van der Waals surface area (Å²) in [7, 11) is 0. The Morgan fingerprint density at radius 3 is 2.61 bits per heavy atom. The highest BCUT2D eigenvalue weighted by molar-refractivity contribution is 5.79. The number of rotatable bonds is 3. The maximum atomic E-state index is 4.52. The maximum absolute atomic E-state index is 4.52. The number of nitrogens with one attached hydrogen (secondary N) is 1. The summed E-state index contributed by atoms with van der Waals surface area (Å²) < 4.78 is 0. The predicted octanol–water partition coefficient (Wildman–Crippen LogP) is 3.68. The Kier molecular flexibility index (Phi) is 3.67. The molecule has 0 atom stereocenters. The van der Waals surface area contributed by atoms with Crippen molar-refractivity contribution in [3.63, 3.8) is 0 Å². The predicted molar refractivity (Wildman–Crippen MR) is 77.6 cm³/mol. The van der Waals surface area contributed by atoms with Crippen LogP contribution in [0.5, 0.6) is 0 Å². The lowest BCUT2D eigenvalue weighted by Gasteiger charge is -2.18. The fourth-order valence-corrected chi connectivity index (χ4v) is 1.97. The average molecular weight is 242 g/mol. The molecule has 0 saturated heterocycles. The molecule has 2 heteroatoms. The van der Waals surface area contributed by atoms with Crippen LogP contribution in [0, 0.1) is 12.3 Å². The fourth-order valence-electron chi connectivity index (χ4n) is 1.97. The van der Waals surface area contributed by atoms with Gasteiger partial charge in [0, 0.05) is 24.2 Å². The van der Waals surface area contributed by atoms with Gasteiger partial charge in [0.1, 0.15) is 0 Å². The first-order valence-corrected chi connectivity index (χ1v) is 6.51. The number of fused-ring (bicyclic) bond motifs is 1. The summed E-state index contributed by atoms with van der Waals surface area (Å²) in [5, 5.41) is 4.72. The highest BCUT2D eigenvalue weighted by Gasteiger charge is 2.08. The topological polar surface area (TPSA) is 24.9 Å². The molecular weight excluding hydrogens is 220 g/mol. The number of nitrogens with zero attached hydrogens (tertiary/aromatic N) is 1. The van der Waals surface area contributed by atoms with E-state index in [0.717, 1.165) is 24.3 Å². The maximum Gasteiger partial charge on any atom is 0.0705 e. The SMILES string of the molecule is Cc1ccc2cc(CNCC(C)(C)C)ccc2n1. The Balaban J connectivity index is 2.08. The molecular formula is C16H22N2. The fraction of sp³-hybridized carbons (Fsp3) is 0.438. The Hall–Kier alpha value is -1.41. The van der Waals surface area contributed by atoms with Crippen molar-refractivity contribution in [3.8, 4) is 0 Å². The molecule has 0 aliphatic carbocycles. The molecule has 96 valence electrons. The molecule has 0 fully saturated rings. The molecule has 1 N–H and O–H groups in total. The Bertz CT molecular complexity index is 538. The smallest absolute Gasteiger partial charge is 0.0705 e. The molecule has 0 unspecified atom stereocenters. The number of hydrogen-bond donors (Lipinski definition) is 1. The van der Waals surface area contributed by atoms with E-state index in [1.807, 2.05) is 6.92 Å². The Morgan fingerprint density at radius 2 is 1.89 bits per heavy atom. The zero-order valence-corrected chi connectivity index (χ0v) is 11.7. The van der Waals surface area contributed by atoms with Crippen molar-refractivity contribution in [2.45, 2.75) is 34.2 Å². The molecule has 0 saturated carbocycles. The second-order valence-corrected chi connectivity index (χ2v) is 6.14. The molecule has 2 nitrogen and oxygen atoms in total. The van der Waals surface area contributed by atoms with Crippen molar-refractivity contribution >= 4 is 10.9 Å². The molecule has 0 amide bonds. The number of hydrogen-bond acceptors (Lipinski definition) is 2. The molecule has 0 spiro atoms. The van der Waals surface area contributed by atoms with Crippen LogP contribution >= 0.6 is 0 Å². The van der Waals surface area contributed by atoms with Crippen LogP contribution in [0.4, 0.5) is 0 Å². The quantitative estimate of drug-likeness (QED) is 0.888. The van der Waals surface area contributed by atoms with Gasteiger partial charge in [-0.1, -0.05) is 32.9 Å². The molecule has 18 heavy (non-hydrogen) atoms. The largest absolute Gasteiger partial charge is 0.312 e. The van der Waals surface area contributed by atoms with E-state index in [-0.39, 0.29) is 0 Å². The lowest BCUT2D eigenvalue weighted by Crippen LogP contribution is -2.26. The van der Waals surface area contributed by atoms with Crippen molar-refractivity contribution in [2.75, 3.05) is 6.54 Å². The van der Waals surface area contributed by atoms with E-state index >= 15 is 0 Å². The van der Waals surface area contributed by atoms with Gasteiger partial charge in [-0.15, -0.1) is 0 Å². The van der Waals surface area contributed by atoms with Crippen molar-refractivity contribution in [3.05, 3.63) is 41.6 Å². The lowest BCUT2D eigenvalue weighted by molar-refractivity contribution is 0.379. The number of pyridine rings is 1. The summed E-state index contributed by atoms with van der Waals surface area (Å²) in [6, 6.07) is 10.7. The molecule has 2 aromatic rings. The summed E-state index contributed by atoms with van der Waals surface area (Å²) in [5.41, 5.74) is 3.79. The lowest BCUT2D eigenvalue weighted by atomic mass is 9.97. The van der Waals surface area contributed by atoms with Crippen LogP contribution in [0.15, 0.2) is 30.3 Å². The van der Waals surface area contributed by atoms with Crippen LogP contribution in [0.25, 0.3) is 10.9 Å². The van der Waals surface area contributed by atoms with Crippen molar-refractivity contribution in [1.82, 2.24) is 10.3 Å². The van der Waals surface area contributed by atoms with E-state index in [9.17, 15) is 0 Å². The van der Waals surface area contributed by atoms with Crippen molar-refractivity contribution in [1.29, 1.82) is 0 Å². The standard InChI is InChI=1S/C16H22N2/c1-12-5-7-14-9-13(6-8-15(14)18-12)10-17-11-16(2,3)4/h5-9,17H,10-11H2,1-4H3. The molecule has 0 aliphatic heterocycles. The van der Waals surface area contributed by atoms with Gasteiger partial charge in [-0.2, -0.15) is 0 Å². The number of benzene rings is 1. The van der Waals surface area contributed by atoms with Gasteiger partial charge in [-0.3, -0.25) is 4.98 Å². The van der Waals surface area contributed by atoms with Gasteiger partial charge in [0.15, 0.2) is 0 Å². The van der Waals surface area contributed by atoms with Crippen LogP contribution in [-0.4, -0.2) is 11.5 Å². The van der Waals surface area contributed by atoms with E-state index in [1.165, 1.54) is 10.9 Å². The monoisotopic (exact) mass is 242 g/mol. The molecule has 1 aromatic heterocycles. The zero-order valence-electron chi connectivity index (χ0n) is 11.7. The highest BCUT2D eigenvalue weighted by atomic mass is 14.9. The van der Waals surface area contributed by atoms with E-state index in [0.29, 0.717) is 5.41 Å². The summed E-state index contributed by atoms with van der Waals surface area (Å²) in [6.45, 7) is 10.7. The minimum Gasteiger partial charge on any atom is -0.312 e. The first-order valence-electron chi connectivity index (χ1n) is 6.51. The molecule has 0 radical (unpaired) electrons.